The normalized spacial score (nSPS) is 12.9. The zero-order valence-electron chi connectivity index (χ0n) is 12.3. The molecule has 3 heteroatoms. The molecule has 0 aromatic heterocycles. The SMILES string of the molecule is CCNC(CCCC(C)C)CSc1cccc(Br)c1. The van der Waals surface area contributed by atoms with E-state index in [0.717, 1.165) is 22.7 Å². The molecule has 1 rings (SSSR count). The van der Waals surface area contributed by atoms with Gasteiger partial charge in [0, 0.05) is 21.2 Å². The van der Waals surface area contributed by atoms with E-state index < -0.39 is 0 Å². The van der Waals surface area contributed by atoms with Crippen LogP contribution in [0.4, 0.5) is 0 Å². The van der Waals surface area contributed by atoms with E-state index in [2.05, 4.69) is 66.3 Å². The maximum atomic E-state index is 3.61. The van der Waals surface area contributed by atoms with Crippen LogP contribution in [-0.2, 0) is 0 Å². The lowest BCUT2D eigenvalue weighted by Crippen LogP contribution is -2.31. The summed E-state index contributed by atoms with van der Waals surface area (Å²) in [4.78, 5) is 1.35. The maximum Gasteiger partial charge on any atom is 0.0186 e. The summed E-state index contributed by atoms with van der Waals surface area (Å²) in [6.45, 7) is 7.86. The number of nitrogens with one attached hydrogen (secondary N) is 1. The first-order valence-corrected chi connectivity index (χ1v) is 9.01. The van der Waals surface area contributed by atoms with Crippen molar-refractivity contribution in [2.24, 2.45) is 5.92 Å². The molecule has 0 fully saturated rings. The van der Waals surface area contributed by atoms with E-state index in [1.165, 1.54) is 24.2 Å². The minimum absolute atomic E-state index is 0.632. The number of thioether (sulfide) groups is 1. The Morgan fingerprint density at radius 2 is 2.05 bits per heavy atom. The maximum absolute atomic E-state index is 3.61. The van der Waals surface area contributed by atoms with Crippen LogP contribution in [0.3, 0.4) is 0 Å². The Balaban J connectivity index is 2.36. The molecule has 1 N–H and O–H groups in total. The molecule has 1 aromatic carbocycles. The smallest absolute Gasteiger partial charge is 0.0186 e. The number of benzene rings is 1. The molecular formula is C16H26BrNS. The second kappa shape index (κ2) is 9.84. The molecule has 19 heavy (non-hydrogen) atoms. The largest absolute Gasteiger partial charge is 0.313 e. The van der Waals surface area contributed by atoms with Gasteiger partial charge in [-0.15, -0.1) is 11.8 Å². The molecular weight excluding hydrogens is 318 g/mol. The molecule has 0 saturated carbocycles. The topological polar surface area (TPSA) is 12.0 Å². The summed E-state index contributed by atoms with van der Waals surface area (Å²) in [7, 11) is 0. The summed E-state index contributed by atoms with van der Waals surface area (Å²) in [5, 5.41) is 3.61. The van der Waals surface area contributed by atoms with E-state index in [1.54, 1.807) is 0 Å². The van der Waals surface area contributed by atoms with Crippen molar-refractivity contribution in [2.45, 2.75) is 51.0 Å². The zero-order chi connectivity index (χ0) is 14.1. The second-order valence-electron chi connectivity index (χ2n) is 5.35. The molecule has 0 amide bonds. The van der Waals surface area contributed by atoms with Crippen molar-refractivity contribution in [3.8, 4) is 0 Å². The highest BCUT2D eigenvalue weighted by Crippen LogP contribution is 2.23. The van der Waals surface area contributed by atoms with Gasteiger partial charge in [-0.25, -0.2) is 0 Å². The van der Waals surface area contributed by atoms with Gasteiger partial charge in [-0.1, -0.05) is 55.6 Å². The van der Waals surface area contributed by atoms with Crippen LogP contribution in [0.15, 0.2) is 33.6 Å². The Morgan fingerprint density at radius 3 is 2.68 bits per heavy atom. The van der Waals surface area contributed by atoms with Gasteiger partial charge in [0.15, 0.2) is 0 Å². The van der Waals surface area contributed by atoms with Gasteiger partial charge in [0.25, 0.3) is 0 Å². The fourth-order valence-electron chi connectivity index (χ4n) is 2.06. The van der Waals surface area contributed by atoms with Crippen molar-refractivity contribution in [2.75, 3.05) is 12.3 Å². The predicted octanol–water partition coefficient (Wildman–Crippen LogP) is 5.35. The van der Waals surface area contributed by atoms with Crippen LogP contribution in [-0.4, -0.2) is 18.3 Å². The van der Waals surface area contributed by atoms with E-state index in [9.17, 15) is 0 Å². The summed E-state index contributed by atoms with van der Waals surface area (Å²) in [5.74, 6) is 1.97. The lowest BCUT2D eigenvalue weighted by Gasteiger charge is -2.18. The summed E-state index contributed by atoms with van der Waals surface area (Å²) < 4.78 is 1.16. The van der Waals surface area contributed by atoms with Gasteiger partial charge in [0.2, 0.25) is 0 Å². The minimum atomic E-state index is 0.632. The highest BCUT2D eigenvalue weighted by molar-refractivity contribution is 9.10. The third-order valence-corrected chi connectivity index (χ3v) is 4.72. The van der Waals surface area contributed by atoms with Crippen molar-refractivity contribution in [1.82, 2.24) is 5.32 Å². The first-order chi connectivity index (χ1) is 9.11. The molecule has 0 spiro atoms. The third kappa shape index (κ3) is 8.01. The highest BCUT2D eigenvalue weighted by Gasteiger charge is 2.08. The number of hydrogen-bond donors (Lipinski definition) is 1. The van der Waals surface area contributed by atoms with Crippen molar-refractivity contribution in [3.63, 3.8) is 0 Å². The minimum Gasteiger partial charge on any atom is -0.313 e. The van der Waals surface area contributed by atoms with Crippen molar-refractivity contribution in [3.05, 3.63) is 28.7 Å². The monoisotopic (exact) mass is 343 g/mol. The van der Waals surface area contributed by atoms with Crippen LogP contribution in [0.25, 0.3) is 0 Å². The quantitative estimate of drug-likeness (QED) is 0.607. The molecule has 0 bridgehead atoms. The fraction of sp³-hybridized carbons (Fsp3) is 0.625. The first kappa shape index (κ1) is 17.1. The van der Waals surface area contributed by atoms with Gasteiger partial charge in [-0.05, 0) is 37.1 Å². The molecule has 1 aromatic rings. The van der Waals surface area contributed by atoms with Crippen LogP contribution in [0.2, 0.25) is 0 Å². The lowest BCUT2D eigenvalue weighted by molar-refractivity contribution is 0.469. The molecule has 0 radical (unpaired) electrons. The van der Waals surface area contributed by atoms with E-state index in [1.807, 2.05) is 11.8 Å². The Kier molecular flexibility index (Phi) is 8.84. The fourth-order valence-corrected chi connectivity index (χ4v) is 3.67. The lowest BCUT2D eigenvalue weighted by atomic mass is 10.0. The summed E-state index contributed by atoms with van der Waals surface area (Å²) in [6, 6.07) is 9.20. The average Bonchev–Trinajstić information content (AvgIpc) is 2.35. The molecule has 0 aliphatic heterocycles. The van der Waals surface area contributed by atoms with Gasteiger partial charge in [-0.2, -0.15) is 0 Å². The molecule has 0 saturated heterocycles. The molecule has 108 valence electrons. The molecule has 1 nitrogen and oxygen atoms in total. The zero-order valence-corrected chi connectivity index (χ0v) is 14.7. The van der Waals surface area contributed by atoms with Crippen molar-refractivity contribution < 1.29 is 0 Å². The Hall–Kier alpha value is 0.01000. The summed E-state index contributed by atoms with van der Waals surface area (Å²) in [6.07, 6.45) is 3.95. The number of rotatable bonds is 9. The molecule has 1 atom stereocenters. The average molecular weight is 344 g/mol. The highest BCUT2D eigenvalue weighted by atomic mass is 79.9. The number of halogens is 1. The van der Waals surface area contributed by atoms with Crippen LogP contribution in [0, 0.1) is 5.92 Å². The molecule has 0 aliphatic carbocycles. The van der Waals surface area contributed by atoms with Crippen LogP contribution < -0.4 is 5.32 Å². The van der Waals surface area contributed by atoms with Gasteiger partial charge in [-0.3, -0.25) is 0 Å². The van der Waals surface area contributed by atoms with E-state index in [0.29, 0.717) is 6.04 Å². The Labute approximate surface area is 131 Å². The van der Waals surface area contributed by atoms with Crippen LogP contribution >= 0.6 is 27.7 Å². The van der Waals surface area contributed by atoms with E-state index in [4.69, 9.17) is 0 Å². The van der Waals surface area contributed by atoms with Crippen molar-refractivity contribution in [1.29, 1.82) is 0 Å². The molecule has 1 unspecified atom stereocenters. The first-order valence-electron chi connectivity index (χ1n) is 7.23. The van der Waals surface area contributed by atoms with Gasteiger partial charge < -0.3 is 5.32 Å². The van der Waals surface area contributed by atoms with Crippen LogP contribution in [0.5, 0.6) is 0 Å². The predicted molar refractivity (Wildman–Crippen MR) is 91.0 cm³/mol. The van der Waals surface area contributed by atoms with Gasteiger partial charge in [0.1, 0.15) is 0 Å². The second-order valence-corrected chi connectivity index (χ2v) is 7.36. The summed E-state index contributed by atoms with van der Waals surface area (Å²) in [5.41, 5.74) is 0. The molecule has 0 heterocycles. The third-order valence-electron chi connectivity index (χ3n) is 3.07. The standard InChI is InChI=1S/C16H26BrNS/c1-4-18-15(9-5-7-13(2)3)12-19-16-10-6-8-14(17)11-16/h6,8,10-11,13,15,18H,4-5,7,9,12H2,1-3H3. The van der Waals surface area contributed by atoms with Crippen molar-refractivity contribution >= 4 is 27.7 Å². The van der Waals surface area contributed by atoms with Crippen LogP contribution in [0.1, 0.15) is 40.0 Å². The summed E-state index contributed by atoms with van der Waals surface area (Å²) >= 11 is 5.48. The van der Waals surface area contributed by atoms with Gasteiger partial charge >= 0.3 is 0 Å². The van der Waals surface area contributed by atoms with Gasteiger partial charge in [0.05, 0.1) is 0 Å². The van der Waals surface area contributed by atoms with E-state index >= 15 is 0 Å². The van der Waals surface area contributed by atoms with E-state index in [-0.39, 0.29) is 0 Å². The Bertz CT molecular complexity index is 354. The number of hydrogen-bond acceptors (Lipinski definition) is 2. The Morgan fingerprint density at radius 1 is 1.26 bits per heavy atom. The molecule has 0 aliphatic rings.